The summed E-state index contributed by atoms with van der Waals surface area (Å²) in [7, 11) is 0. The Morgan fingerprint density at radius 3 is 3.19 bits per heavy atom. The van der Waals surface area contributed by atoms with Crippen molar-refractivity contribution < 1.29 is 9.47 Å². The number of hydrogen-bond acceptors (Lipinski definition) is 5. The van der Waals surface area contributed by atoms with Crippen molar-refractivity contribution >= 4 is 5.82 Å². The second-order valence-corrected chi connectivity index (χ2v) is 3.76. The van der Waals surface area contributed by atoms with Crippen LogP contribution in [0, 0.1) is 0 Å². The van der Waals surface area contributed by atoms with E-state index in [4.69, 9.17) is 9.47 Å². The van der Waals surface area contributed by atoms with Crippen molar-refractivity contribution in [1.82, 2.24) is 9.97 Å². The molecule has 0 unspecified atom stereocenters. The van der Waals surface area contributed by atoms with Gasteiger partial charge in [0.05, 0.1) is 25.9 Å². The lowest BCUT2D eigenvalue weighted by atomic mass is 10.2. The summed E-state index contributed by atoms with van der Waals surface area (Å²) in [6, 6.07) is 2.23. The number of hydrogen-bond donors (Lipinski definition) is 0. The van der Waals surface area contributed by atoms with E-state index in [1.165, 1.54) is 0 Å². The first-order valence-electron chi connectivity index (χ1n) is 5.60. The maximum Gasteiger partial charge on any atom is 0.218 e. The van der Waals surface area contributed by atoms with E-state index in [2.05, 4.69) is 21.8 Å². The van der Waals surface area contributed by atoms with Gasteiger partial charge < -0.3 is 14.4 Å². The van der Waals surface area contributed by atoms with Crippen LogP contribution in [0.1, 0.15) is 13.8 Å². The van der Waals surface area contributed by atoms with Crippen LogP contribution in [0.5, 0.6) is 5.88 Å². The van der Waals surface area contributed by atoms with Crippen molar-refractivity contribution in [2.24, 2.45) is 0 Å². The summed E-state index contributed by atoms with van der Waals surface area (Å²) in [5, 5.41) is 0. The molecule has 0 spiro atoms. The normalized spacial score (nSPS) is 20.9. The summed E-state index contributed by atoms with van der Waals surface area (Å²) in [6.07, 6.45) is 1.54. The molecule has 0 aliphatic carbocycles. The molecular weight excluding hydrogens is 206 g/mol. The van der Waals surface area contributed by atoms with E-state index in [-0.39, 0.29) is 0 Å². The zero-order chi connectivity index (χ0) is 11.4. The number of ether oxygens (including phenoxy) is 2. The molecule has 1 saturated heterocycles. The molecule has 0 radical (unpaired) electrons. The zero-order valence-electron chi connectivity index (χ0n) is 9.72. The molecule has 1 aliphatic rings. The van der Waals surface area contributed by atoms with Crippen molar-refractivity contribution in [3.63, 3.8) is 0 Å². The van der Waals surface area contributed by atoms with Crippen molar-refractivity contribution in [3.05, 3.63) is 12.4 Å². The maximum absolute atomic E-state index is 5.39. The summed E-state index contributed by atoms with van der Waals surface area (Å²) in [6.45, 7) is 7.05. The van der Waals surface area contributed by atoms with Gasteiger partial charge in [-0.15, -0.1) is 0 Å². The fraction of sp³-hybridized carbons (Fsp3) is 0.636. The molecule has 2 rings (SSSR count). The Kier molecular flexibility index (Phi) is 3.56. The van der Waals surface area contributed by atoms with Crippen LogP contribution in [0.25, 0.3) is 0 Å². The molecule has 0 saturated carbocycles. The van der Waals surface area contributed by atoms with Crippen LogP contribution >= 0.6 is 0 Å². The van der Waals surface area contributed by atoms with Gasteiger partial charge in [-0.05, 0) is 13.8 Å². The summed E-state index contributed by atoms with van der Waals surface area (Å²) in [5.41, 5.74) is 0. The molecule has 0 bridgehead atoms. The predicted molar refractivity (Wildman–Crippen MR) is 60.8 cm³/mol. The smallest absolute Gasteiger partial charge is 0.218 e. The number of anilines is 1. The lowest BCUT2D eigenvalue weighted by Gasteiger charge is -2.34. The van der Waals surface area contributed by atoms with Gasteiger partial charge in [0.15, 0.2) is 0 Å². The molecule has 0 amide bonds. The van der Waals surface area contributed by atoms with Gasteiger partial charge in [0.25, 0.3) is 0 Å². The molecule has 1 aromatic rings. The number of rotatable bonds is 3. The molecular formula is C11H17N3O2. The molecule has 16 heavy (non-hydrogen) atoms. The molecule has 5 nitrogen and oxygen atoms in total. The number of aromatic nitrogens is 2. The maximum atomic E-state index is 5.39. The minimum absolute atomic E-state index is 0.345. The molecule has 1 atom stereocenters. The first-order chi connectivity index (χ1) is 7.81. The molecule has 5 heteroatoms. The van der Waals surface area contributed by atoms with Gasteiger partial charge in [0.1, 0.15) is 12.1 Å². The molecule has 0 N–H and O–H groups in total. The van der Waals surface area contributed by atoms with E-state index in [0.29, 0.717) is 18.5 Å². The topological polar surface area (TPSA) is 47.5 Å². The highest BCUT2D eigenvalue weighted by Crippen LogP contribution is 2.19. The SMILES string of the molecule is CCOc1cc(N2CCOC[C@H]2C)ncn1. The second-order valence-electron chi connectivity index (χ2n) is 3.76. The lowest BCUT2D eigenvalue weighted by molar-refractivity contribution is 0.0985. The first kappa shape index (κ1) is 11.1. The molecule has 1 aromatic heterocycles. The first-order valence-corrected chi connectivity index (χ1v) is 5.60. The highest BCUT2D eigenvalue weighted by molar-refractivity contribution is 5.42. The Hall–Kier alpha value is -1.36. The zero-order valence-corrected chi connectivity index (χ0v) is 9.72. The van der Waals surface area contributed by atoms with Crippen LogP contribution in [0.3, 0.4) is 0 Å². The fourth-order valence-electron chi connectivity index (χ4n) is 1.78. The van der Waals surface area contributed by atoms with Crippen molar-refractivity contribution in [1.29, 1.82) is 0 Å². The third-order valence-electron chi connectivity index (χ3n) is 2.58. The molecule has 0 aromatic carbocycles. The van der Waals surface area contributed by atoms with E-state index in [9.17, 15) is 0 Å². The summed E-state index contributed by atoms with van der Waals surface area (Å²) >= 11 is 0. The summed E-state index contributed by atoms with van der Waals surface area (Å²) < 4.78 is 10.8. The fourth-order valence-corrected chi connectivity index (χ4v) is 1.78. The van der Waals surface area contributed by atoms with Crippen molar-refractivity contribution in [2.45, 2.75) is 19.9 Å². The van der Waals surface area contributed by atoms with E-state index in [1.54, 1.807) is 6.33 Å². The minimum atomic E-state index is 0.345. The Morgan fingerprint density at radius 2 is 2.44 bits per heavy atom. The average molecular weight is 223 g/mol. The van der Waals surface area contributed by atoms with Crippen molar-refractivity contribution in [2.75, 3.05) is 31.3 Å². The van der Waals surface area contributed by atoms with E-state index < -0.39 is 0 Å². The molecule has 1 fully saturated rings. The standard InChI is InChI=1S/C11H17N3O2/c1-3-16-11-6-10(12-8-13-11)14-4-5-15-7-9(14)2/h6,8-9H,3-5,7H2,1-2H3/t9-/m1/s1. The molecule has 2 heterocycles. The van der Waals surface area contributed by atoms with Crippen LogP contribution in [0.15, 0.2) is 12.4 Å². The third kappa shape index (κ3) is 2.41. The molecule has 88 valence electrons. The Balaban J connectivity index is 2.15. The Bertz CT molecular complexity index is 346. The van der Waals surface area contributed by atoms with Gasteiger partial charge in [-0.3, -0.25) is 0 Å². The Labute approximate surface area is 95.4 Å². The van der Waals surface area contributed by atoms with Crippen LogP contribution in [-0.2, 0) is 4.74 Å². The van der Waals surface area contributed by atoms with Crippen molar-refractivity contribution in [3.8, 4) is 5.88 Å². The minimum Gasteiger partial charge on any atom is -0.478 e. The van der Waals surface area contributed by atoms with E-state index >= 15 is 0 Å². The van der Waals surface area contributed by atoms with Gasteiger partial charge in [0, 0.05) is 12.6 Å². The monoisotopic (exact) mass is 223 g/mol. The third-order valence-corrected chi connectivity index (χ3v) is 2.58. The van der Waals surface area contributed by atoms with E-state index in [0.717, 1.165) is 25.6 Å². The van der Waals surface area contributed by atoms with Gasteiger partial charge in [0.2, 0.25) is 5.88 Å². The predicted octanol–water partition coefficient (Wildman–Crippen LogP) is 1.10. The second kappa shape index (κ2) is 5.12. The Morgan fingerprint density at radius 1 is 1.56 bits per heavy atom. The van der Waals surface area contributed by atoms with Gasteiger partial charge in [-0.25, -0.2) is 9.97 Å². The summed E-state index contributed by atoms with van der Waals surface area (Å²) in [5.74, 6) is 1.54. The largest absolute Gasteiger partial charge is 0.478 e. The average Bonchev–Trinajstić information content (AvgIpc) is 2.30. The number of morpholine rings is 1. The number of nitrogens with zero attached hydrogens (tertiary/aromatic N) is 3. The van der Waals surface area contributed by atoms with Gasteiger partial charge in [-0.1, -0.05) is 0 Å². The van der Waals surface area contributed by atoms with Crippen LogP contribution < -0.4 is 9.64 Å². The lowest BCUT2D eigenvalue weighted by Crippen LogP contribution is -2.44. The van der Waals surface area contributed by atoms with Gasteiger partial charge in [-0.2, -0.15) is 0 Å². The van der Waals surface area contributed by atoms with Crippen LogP contribution in [-0.4, -0.2) is 42.4 Å². The van der Waals surface area contributed by atoms with Crippen LogP contribution in [0.4, 0.5) is 5.82 Å². The van der Waals surface area contributed by atoms with Gasteiger partial charge >= 0.3 is 0 Å². The highest BCUT2D eigenvalue weighted by Gasteiger charge is 2.20. The highest BCUT2D eigenvalue weighted by atomic mass is 16.5. The van der Waals surface area contributed by atoms with Crippen LogP contribution in [0.2, 0.25) is 0 Å². The summed E-state index contributed by atoms with van der Waals surface area (Å²) in [4.78, 5) is 10.5. The molecule has 1 aliphatic heterocycles. The quantitative estimate of drug-likeness (QED) is 0.768. The van der Waals surface area contributed by atoms with E-state index in [1.807, 2.05) is 13.0 Å².